The van der Waals surface area contributed by atoms with Crippen LogP contribution in [0.2, 0.25) is 5.02 Å². The van der Waals surface area contributed by atoms with Crippen molar-refractivity contribution in [2.75, 3.05) is 0 Å². The third-order valence-electron chi connectivity index (χ3n) is 5.17. The lowest BCUT2D eigenvalue weighted by molar-refractivity contribution is -0.137. The van der Waals surface area contributed by atoms with Gasteiger partial charge in [0.2, 0.25) is 0 Å². The Balaban J connectivity index is 2.32. The first-order valence-corrected chi connectivity index (χ1v) is 10.4. The third-order valence-corrected chi connectivity index (χ3v) is 5.58. The van der Waals surface area contributed by atoms with E-state index in [1.165, 1.54) is 12.1 Å². The number of halogens is 4. The number of benzene rings is 2. The van der Waals surface area contributed by atoms with E-state index in [1.807, 2.05) is 30.3 Å². The molecule has 0 radical (unpaired) electrons. The van der Waals surface area contributed by atoms with Crippen LogP contribution in [0.15, 0.2) is 48.5 Å². The molecule has 0 aliphatic carbocycles. The number of hydrogen-bond donors (Lipinski definition) is 1. The van der Waals surface area contributed by atoms with Gasteiger partial charge >= 0.3 is 6.18 Å². The van der Waals surface area contributed by atoms with Gasteiger partial charge in [-0.3, -0.25) is 4.79 Å². The zero-order valence-corrected chi connectivity index (χ0v) is 17.5. The molecule has 2 aromatic carbocycles. The van der Waals surface area contributed by atoms with Gasteiger partial charge in [0.25, 0.3) is 5.91 Å². The second kappa shape index (κ2) is 10.7. The molecule has 0 saturated heterocycles. The molecular weight excluding hydrogens is 399 g/mol. The quantitative estimate of drug-likeness (QED) is 0.415. The smallest absolute Gasteiger partial charge is 0.345 e. The van der Waals surface area contributed by atoms with Crippen molar-refractivity contribution in [3.63, 3.8) is 0 Å². The van der Waals surface area contributed by atoms with E-state index in [0.29, 0.717) is 0 Å². The Labute approximate surface area is 175 Å². The van der Waals surface area contributed by atoms with Crippen molar-refractivity contribution < 1.29 is 18.0 Å². The molecule has 0 heterocycles. The average Bonchev–Trinajstić information content (AvgIpc) is 2.69. The lowest BCUT2D eigenvalue weighted by Crippen LogP contribution is -2.34. The Morgan fingerprint density at radius 1 is 1.03 bits per heavy atom. The van der Waals surface area contributed by atoms with E-state index in [9.17, 15) is 18.0 Å². The molecule has 29 heavy (non-hydrogen) atoms. The molecule has 158 valence electrons. The Morgan fingerprint density at radius 3 is 2.31 bits per heavy atom. The largest absolute Gasteiger partial charge is 0.417 e. The van der Waals surface area contributed by atoms with Crippen molar-refractivity contribution in [3.05, 3.63) is 70.2 Å². The van der Waals surface area contributed by atoms with E-state index in [4.69, 9.17) is 11.6 Å². The highest BCUT2D eigenvalue weighted by Crippen LogP contribution is 2.37. The summed E-state index contributed by atoms with van der Waals surface area (Å²) in [4.78, 5) is 12.9. The average molecular weight is 426 g/mol. The molecule has 1 amide bonds. The monoisotopic (exact) mass is 425 g/mol. The molecule has 2 rings (SSSR count). The summed E-state index contributed by atoms with van der Waals surface area (Å²) in [5.41, 5.74) is -0.226. The summed E-state index contributed by atoms with van der Waals surface area (Å²) in [5.74, 6) is -0.415. The predicted molar refractivity (Wildman–Crippen MR) is 111 cm³/mol. The molecule has 0 aliphatic heterocycles. The van der Waals surface area contributed by atoms with Gasteiger partial charge in [0.05, 0.1) is 22.2 Å². The van der Waals surface area contributed by atoms with E-state index in [1.54, 1.807) is 0 Å². The Bertz CT molecular complexity index is 792. The molecule has 0 aromatic heterocycles. The second-order valence-corrected chi connectivity index (χ2v) is 7.57. The first-order valence-electron chi connectivity index (χ1n) is 10.0. The lowest BCUT2D eigenvalue weighted by atomic mass is 9.86. The van der Waals surface area contributed by atoms with Gasteiger partial charge in [0, 0.05) is 0 Å². The van der Waals surface area contributed by atoms with Crippen molar-refractivity contribution in [2.24, 2.45) is 5.92 Å². The molecule has 0 bridgehead atoms. The molecule has 0 unspecified atom stereocenters. The highest BCUT2D eigenvalue weighted by Gasteiger charge is 2.35. The van der Waals surface area contributed by atoms with Crippen molar-refractivity contribution >= 4 is 17.5 Å². The summed E-state index contributed by atoms with van der Waals surface area (Å²) in [6, 6.07) is 12.7. The minimum atomic E-state index is -4.61. The maximum absolute atomic E-state index is 13.2. The highest BCUT2D eigenvalue weighted by molar-refractivity contribution is 6.34. The van der Waals surface area contributed by atoms with E-state index < -0.39 is 22.7 Å². The first kappa shape index (κ1) is 23.3. The van der Waals surface area contributed by atoms with Crippen LogP contribution < -0.4 is 5.32 Å². The summed E-state index contributed by atoms with van der Waals surface area (Å²) >= 11 is 5.95. The van der Waals surface area contributed by atoms with E-state index in [-0.39, 0.29) is 17.5 Å². The van der Waals surface area contributed by atoms with E-state index in [2.05, 4.69) is 19.2 Å². The molecule has 2 nitrogen and oxygen atoms in total. The molecule has 0 aliphatic rings. The Morgan fingerprint density at radius 2 is 1.72 bits per heavy atom. The van der Waals surface area contributed by atoms with Crippen LogP contribution in [0.3, 0.4) is 0 Å². The molecule has 6 heteroatoms. The molecule has 0 saturated carbocycles. The number of rotatable bonds is 9. The summed E-state index contributed by atoms with van der Waals surface area (Å²) in [6.07, 6.45) is 0.404. The van der Waals surface area contributed by atoms with Crippen LogP contribution in [-0.4, -0.2) is 5.91 Å². The summed E-state index contributed by atoms with van der Waals surface area (Å²) < 4.78 is 39.5. The fourth-order valence-electron chi connectivity index (χ4n) is 3.54. The number of unbranched alkanes of at least 4 members (excludes halogenated alkanes) is 2. The van der Waals surface area contributed by atoms with Crippen LogP contribution in [0, 0.1) is 5.92 Å². The van der Waals surface area contributed by atoms with Gasteiger partial charge in [0.1, 0.15) is 0 Å². The number of alkyl halides is 3. The maximum Gasteiger partial charge on any atom is 0.417 e. The maximum atomic E-state index is 13.2. The minimum absolute atomic E-state index is 0.161. The van der Waals surface area contributed by atoms with Crippen LogP contribution in [0.1, 0.15) is 73.5 Å². The molecular formula is C23H27ClF3NO. The zero-order valence-electron chi connectivity index (χ0n) is 16.7. The van der Waals surface area contributed by atoms with Crippen LogP contribution in [0.5, 0.6) is 0 Å². The van der Waals surface area contributed by atoms with Gasteiger partial charge in [-0.1, -0.05) is 87.5 Å². The van der Waals surface area contributed by atoms with Crippen LogP contribution in [0.4, 0.5) is 13.2 Å². The van der Waals surface area contributed by atoms with Crippen molar-refractivity contribution in [1.29, 1.82) is 0 Å². The zero-order chi connectivity index (χ0) is 21.4. The van der Waals surface area contributed by atoms with Crippen molar-refractivity contribution in [3.8, 4) is 0 Å². The lowest BCUT2D eigenvalue weighted by Gasteiger charge is -2.28. The molecule has 0 fully saturated rings. The molecule has 2 aromatic rings. The second-order valence-electron chi connectivity index (χ2n) is 7.19. The van der Waals surface area contributed by atoms with Crippen LogP contribution in [0.25, 0.3) is 0 Å². The summed E-state index contributed by atoms with van der Waals surface area (Å²) in [7, 11) is 0. The fraction of sp³-hybridized carbons (Fsp3) is 0.435. The van der Waals surface area contributed by atoms with Gasteiger partial charge in [0.15, 0.2) is 0 Å². The van der Waals surface area contributed by atoms with E-state index in [0.717, 1.165) is 43.7 Å². The highest BCUT2D eigenvalue weighted by atomic mass is 35.5. The van der Waals surface area contributed by atoms with Gasteiger partial charge in [-0.15, -0.1) is 0 Å². The third kappa shape index (κ3) is 6.23. The molecule has 0 spiro atoms. The number of carbonyl (C=O) groups is 1. The summed E-state index contributed by atoms with van der Waals surface area (Å²) in [5, 5.41) is 2.39. The molecule has 1 N–H and O–H groups in total. The number of carbonyl (C=O) groups excluding carboxylic acids is 1. The fourth-order valence-corrected chi connectivity index (χ4v) is 3.86. The van der Waals surface area contributed by atoms with Crippen molar-refractivity contribution in [2.45, 2.75) is 58.2 Å². The predicted octanol–water partition coefficient (Wildman–Crippen LogP) is 7.44. The summed E-state index contributed by atoms with van der Waals surface area (Å²) in [6.45, 7) is 4.20. The Kier molecular flexibility index (Phi) is 8.57. The number of hydrogen-bond acceptors (Lipinski definition) is 1. The molecule has 2 atom stereocenters. The number of nitrogens with one attached hydrogen (secondary N) is 1. The van der Waals surface area contributed by atoms with Gasteiger partial charge in [-0.25, -0.2) is 0 Å². The van der Waals surface area contributed by atoms with Crippen molar-refractivity contribution in [1.82, 2.24) is 5.32 Å². The number of amides is 1. The van der Waals surface area contributed by atoms with E-state index >= 15 is 0 Å². The van der Waals surface area contributed by atoms with Gasteiger partial charge < -0.3 is 5.32 Å². The Hall–Kier alpha value is -2.01. The van der Waals surface area contributed by atoms with Crippen LogP contribution >= 0.6 is 11.6 Å². The normalized spacial score (nSPS) is 13.7. The van der Waals surface area contributed by atoms with Gasteiger partial charge in [-0.05, 0) is 30.0 Å². The first-order chi connectivity index (χ1) is 13.8. The van der Waals surface area contributed by atoms with Gasteiger partial charge in [-0.2, -0.15) is 13.2 Å². The van der Waals surface area contributed by atoms with Crippen LogP contribution in [-0.2, 0) is 6.18 Å². The topological polar surface area (TPSA) is 29.1 Å². The standard InChI is InChI=1S/C23H27ClF3NO/c1-3-5-7-11-16(4-2)21(17-12-8-6-9-13-17)28-22(29)18-14-10-15-19(20(18)24)23(25,26)27/h6,8-10,12-16,21H,3-5,7,11H2,1-2H3,(H,28,29)/t16-,21+/m1/s1. The SMILES string of the molecule is CCCCC[C@@H](CC)[C@H](NC(=O)c1cccc(C(F)(F)F)c1Cl)c1ccccc1. The minimum Gasteiger partial charge on any atom is -0.345 e.